The third-order valence-electron chi connectivity index (χ3n) is 3.95. The molecule has 3 aromatic carbocycles. The second-order valence-corrected chi connectivity index (χ2v) is 5.54. The molecule has 0 bridgehead atoms. The summed E-state index contributed by atoms with van der Waals surface area (Å²) in [4.78, 5) is 15.5. The number of nitrogens with zero attached hydrogens (tertiary/aromatic N) is 2. The average Bonchev–Trinajstić information content (AvgIpc) is 2.62. The fourth-order valence-corrected chi connectivity index (χ4v) is 2.78. The Morgan fingerprint density at radius 1 is 0.875 bits per heavy atom. The number of hydrogen-bond donors (Lipinski definition) is 2. The number of fused-ring (bicyclic) bond motifs is 2. The molecule has 0 radical (unpaired) electrons. The van der Waals surface area contributed by atoms with Crippen molar-refractivity contribution >= 4 is 44.6 Å². The summed E-state index contributed by atoms with van der Waals surface area (Å²) >= 11 is 0. The van der Waals surface area contributed by atoms with Crippen molar-refractivity contribution in [2.75, 3.05) is 11.1 Å². The van der Waals surface area contributed by atoms with Gasteiger partial charge in [0.2, 0.25) is 0 Å². The highest BCUT2D eigenvalue weighted by Gasteiger charge is 2.10. The zero-order chi connectivity index (χ0) is 16.5. The third kappa shape index (κ3) is 2.42. The lowest BCUT2D eigenvalue weighted by Gasteiger charge is -2.13. The van der Waals surface area contributed by atoms with Crippen LogP contribution in [0.3, 0.4) is 0 Å². The van der Waals surface area contributed by atoms with E-state index in [-0.39, 0.29) is 0 Å². The number of nitrogen functional groups attached to an aromatic ring is 1. The number of pyridine rings is 1. The normalized spacial score (nSPS) is 10.8. The van der Waals surface area contributed by atoms with Crippen LogP contribution in [-0.2, 0) is 0 Å². The first-order valence-electron chi connectivity index (χ1n) is 7.53. The van der Waals surface area contributed by atoms with Crippen LogP contribution in [0.15, 0.2) is 71.9 Å². The molecule has 0 unspecified atom stereocenters. The Morgan fingerprint density at radius 3 is 2.42 bits per heavy atom. The molecule has 1 heterocycles. The Balaban J connectivity index is 1.98. The standard InChI is InChI=1S/C19H14N4O/c20-12-5-7-13(8-6-12)21-19-15-3-1-2-4-17(15)22-18-11-14(23-24)9-10-16(18)19/h1-11H,20H2,(H,21,22). The van der Waals surface area contributed by atoms with Crippen LogP contribution in [0.25, 0.3) is 21.8 Å². The predicted molar refractivity (Wildman–Crippen MR) is 98.8 cm³/mol. The molecule has 0 atom stereocenters. The SMILES string of the molecule is Nc1ccc(Nc2c3ccccc3nc3cc(N=O)ccc23)cc1. The molecule has 24 heavy (non-hydrogen) atoms. The van der Waals surface area contributed by atoms with Crippen molar-refractivity contribution in [2.24, 2.45) is 5.18 Å². The summed E-state index contributed by atoms with van der Waals surface area (Å²) in [5.41, 5.74) is 10.3. The molecule has 0 spiro atoms. The van der Waals surface area contributed by atoms with E-state index in [0.29, 0.717) is 11.4 Å². The van der Waals surface area contributed by atoms with E-state index in [4.69, 9.17) is 5.73 Å². The van der Waals surface area contributed by atoms with Gasteiger partial charge in [0, 0.05) is 22.1 Å². The highest BCUT2D eigenvalue weighted by atomic mass is 16.3. The Kier molecular flexibility index (Phi) is 3.31. The largest absolute Gasteiger partial charge is 0.399 e. The van der Waals surface area contributed by atoms with Crippen molar-refractivity contribution in [3.05, 3.63) is 71.6 Å². The minimum absolute atomic E-state index is 0.365. The van der Waals surface area contributed by atoms with Crippen molar-refractivity contribution in [1.29, 1.82) is 0 Å². The number of nitroso groups, excluding NO2 is 1. The second-order valence-electron chi connectivity index (χ2n) is 5.54. The van der Waals surface area contributed by atoms with Crippen LogP contribution in [0.5, 0.6) is 0 Å². The van der Waals surface area contributed by atoms with Crippen molar-refractivity contribution in [3.8, 4) is 0 Å². The van der Waals surface area contributed by atoms with Crippen LogP contribution in [0.2, 0.25) is 0 Å². The Labute approximate surface area is 138 Å². The molecule has 5 nitrogen and oxygen atoms in total. The minimum atomic E-state index is 0.365. The average molecular weight is 314 g/mol. The molecule has 5 heteroatoms. The van der Waals surface area contributed by atoms with Gasteiger partial charge in [-0.3, -0.25) is 0 Å². The number of aromatic nitrogens is 1. The van der Waals surface area contributed by atoms with Crippen molar-refractivity contribution in [3.63, 3.8) is 0 Å². The van der Waals surface area contributed by atoms with Gasteiger partial charge in [-0.25, -0.2) is 4.98 Å². The van der Waals surface area contributed by atoms with E-state index in [2.05, 4.69) is 15.5 Å². The van der Waals surface area contributed by atoms with E-state index in [0.717, 1.165) is 33.2 Å². The van der Waals surface area contributed by atoms with E-state index in [1.54, 1.807) is 12.1 Å². The second kappa shape index (κ2) is 5.62. The molecular weight excluding hydrogens is 300 g/mol. The van der Waals surface area contributed by atoms with Crippen LogP contribution in [-0.4, -0.2) is 4.98 Å². The van der Waals surface area contributed by atoms with Gasteiger partial charge in [-0.1, -0.05) is 18.2 Å². The number of nitrogens with one attached hydrogen (secondary N) is 1. The van der Waals surface area contributed by atoms with Gasteiger partial charge in [0.1, 0.15) is 5.69 Å². The van der Waals surface area contributed by atoms with Crippen molar-refractivity contribution < 1.29 is 0 Å². The number of rotatable bonds is 3. The first kappa shape index (κ1) is 14.1. The maximum absolute atomic E-state index is 10.8. The fourth-order valence-electron chi connectivity index (χ4n) is 2.78. The number of anilines is 3. The van der Waals surface area contributed by atoms with Crippen LogP contribution in [0.4, 0.5) is 22.7 Å². The summed E-state index contributed by atoms with van der Waals surface area (Å²) in [6, 6.07) is 20.7. The fraction of sp³-hybridized carbons (Fsp3) is 0. The molecule has 4 aromatic rings. The van der Waals surface area contributed by atoms with Gasteiger partial charge < -0.3 is 11.1 Å². The van der Waals surface area contributed by atoms with Gasteiger partial charge in [-0.05, 0) is 53.7 Å². The van der Waals surface area contributed by atoms with Crippen LogP contribution >= 0.6 is 0 Å². The van der Waals surface area contributed by atoms with Gasteiger partial charge in [0.05, 0.1) is 16.7 Å². The van der Waals surface area contributed by atoms with E-state index >= 15 is 0 Å². The lowest BCUT2D eigenvalue weighted by Crippen LogP contribution is -1.95. The Morgan fingerprint density at radius 2 is 1.62 bits per heavy atom. The molecule has 0 fully saturated rings. The summed E-state index contributed by atoms with van der Waals surface area (Å²) < 4.78 is 0. The molecule has 1 aromatic heterocycles. The lowest BCUT2D eigenvalue weighted by atomic mass is 10.1. The van der Waals surface area contributed by atoms with Crippen molar-refractivity contribution in [2.45, 2.75) is 0 Å². The van der Waals surface area contributed by atoms with E-state index in [1.807, 2.05) is 54.6 Å². The monoisotopic (exact) mass is 314 g/mol. The van der Waals surface area contributed by atoms with Gasteiger partial charge in [0.15, 0.2) is 0 Å². The van der Waals surface area contributed by atoms with Gasteiger partial charge >= 0.3 is 0 Å². The zero-order valence-corrected chi connectivity index (χ0v) is 12.7. The maximum atomic E-state index is 10.8. The van der Waals surface area contributed by atoms with E-state index < -0.39 is 0 Å². The molecule has 0 saturated heterocycles. The molecule has 4 rings (SSSR count). The first-order chi connectivity index (χ1) is 11.7. The molecule has 0 aliphatic rings. The van der Waals surface area contributed by atoms with Gasteiger partial charge in [0.25, 0.3) is 0 Å². The first-order valence-corrected chi connectivity index (χ1v) is 7.53. The van der Waals surface area contributed by atoms with Gasteiger partial charge in [-0.2, -0.15) is 0 Å². The highest BCUT2D eigenvalue weighted by molar-refractivity contribution is 6.09. The van der Waals surface area contributed by atoms with E-state index in [9.17, 15) is 4.91 Å². The molecule has 116 valence electrons. The summed E-state index contributed by atoms with van der Waals surface area (Å²) in [5, 5.41) is 8.39. The highest BCUT2D eigenvalue weighted by Crippen LogP contribution is 2.34. The Hall–Kier alpha value is -3.47. The third-order valence-corrected chi connectivity index (χ3v) is 3.95. The molecule has 0 aliphatic carbocycles. The summed E-state index contributed by atoms with van der Waals surface area (Å²) in [7, 11) is 0. The van der Waals surface area contributed by atoms with Crippen LogP contribution < -0.4 is 11.1 Å². The topological polar surface area (TPSA) is 80.4 Å². The number of benzene rings is 3. The zero-order valence-electron chi connectivity index (χ0n) is 12.7. The molecule has 3 N–H and O–H groups in total. The van der Waals surface area contributed by atoms with Crippen molar-refractivity contribution in [1.82, 2.24) is 4.98 Å². The molecule has 0 saturated carbocycles. The quantitative estimate of drug-likeness (QED) is 0.313. The molecular formula is C19H14N4O. The number of hydrogen-bond acceptors (Lipinski definition) is 5. The summed E-state index contributed by atoms with van der Waals surface area (Å²) in [6.45, 7) is 0. The molecule has 0 amide bonds. The van der Waals surface area contributed by atoms with Crippen LogP contribution in [0.1, 0.15) is 0 Å². The number of para-hydroxylation sites is 1. The summed E-state index contributed by atoms with van der Waals surface area (Å²) in [6.07, 6.45) is 0. The Bertz CT molecular complexity index is 1060. The summed E-state index contributed by atoms with van der Waals surface area (Å²) in [5.74, 6) is 0. The van der Waals surface area contributed by atoms with Gasteiger partial charge in [-0.15, -0.1) is 4.91 Å². The molecule has 0 aliphatic heterocycles. The van der Waals surface area contributed by atoms with E-state index in [1.165, 1.54) is 0 Å². The maximum Gasteiger partial charge on any atom is 0.110 e. The smallest absolute Gasteiger partial charge is 0.110 e. The minimum Gasteiger partial charge on any atom is -0.399 e. The number of nitrogens with two attached hydrogens (primary N) is 1. The van der Waals surface area contributed by atoms with Crippen LogP contribution in [0, 0.1) is 4.91 Å². The predicted octanol–water partition coefficient (Wildman–Crippen LogP) is 5.11. The lowest BCUT2D eigenvalue weighted by molar-refractivity contribution is 1.45.